The second-order valence-corrected chi connectivity index (χ2v) is 5.25. The SMILES string of the molecule is O=C(N[C@@H](Cc1ccc(O)cc1)C(=O)O)C1CC=CCC1. The molecule has 112 valence electrons. The van der Waals surface area contributed by atoms with Crippen molar-refractivity contribution in [1.82, 2.24) is 5.32 Å². The third-order valence-electron chi connectivity index (χ3n) is 3.63. The summed E-state index contributed by atoms with van der Waals surface area (Å²) >= 11 is 0. The van der Waals surface area contributed by atoms with Crippen LogP contribution in [0.3, 0.4) is 0 Å². The lowest BCUT2D eigenvalue weighted by molar-refractivity contribution is -0.142. The molecule has 0 saturated carbocycles. The van der Waals surface area contributed by atoms with Crippen LogP contribution in [0.5, 0.6) is 5.75 Å². The van der Waals surface area contributed by atoms with Crippen LogP contribution in [0.15, 0.2) is 36.4 Å². The number of carbonyl (C=O) groups is 2. The van der Waals surface area contributed by atoms with Crippen molar-refractivity contribution in [3.63, 3.8) is 0 Å². The Balaban J connectivity index is 1.98. The van der Waals surface area contributed by atoms with Crippen LogP contribution >= 0.6 is 0 Å². The van der Waals surface area contributed by atoms with Crippen LogP contribution in [0, 0.1) is 5.92 Å². The molecular formula is C16H19NO4. The average molecular weight is 289 g/mol. The summed E-state index contributed by atoms with van der Waals surface area (Å²) in [6.07, 6.45) is 6.47. The molecule has 1 amide bonds. The molecule has 21 heavy (non-hydrogen) atoms. The van der Waals surface area contributed by atoms with Crippen molar-refractivity contribution in [3.05, 3.63) is 42.0 Å². The Bertz CT molecular complexity index is 536. The first-order valence-electron chi connectivity index (χ1n) is 7.02. The number of hydrogen-bond acceptors (Lipinski definition) is 3. The third kappa shape index (κ3) is 4.34. The van der Waals surface area contributed by atoms with E-state index in [1.54, 1.807) is 12.1 Å². The van der Waals surface area contributed by atoms with Gasteiger partial charge in [-0.2, -0.15) is 0 Å². The zero-order chi connectivity index (χ0) is 15.2. The van der Waals surface area contributed by atoms with Gasteiger partial charge in [0.2, 0.25) is 5.91 Å². The lowest BCUT2D eigenvalue weighted by Crippen LogP contribution is -2.45. The number of carboxylic acids is 1. The minimum absolute atomic E-state index is 0.128. The maximum atomic E-state index is 12.1. The van der Waals surface area contributed by atoms with Crippen molar-refractivity contribution < 1.29 is 19.8 Å². The lowest BCUT2D eigenvalue weighted by atomic mass is 9.93. The molecule has 1 unspecified atom stereocenters. The van der Waals surface area contributed by atoms with Crippen molar-refractivity contribution in [2.45, 2.75) is 31.7 Å². The molecule has 1 aromatic carbocycles. The number of aromatic hydroxyl groups is 1. The van der Waals surface area contributed by atoms with E-state index in [9.17, 15) is 19.8 Å². The first-order valence-corrected chi connectivity index (χ1v) is 7.02. The van der Waals surface area contributed by atoms with Crippen LogP contribution in [-0.4, -0.2) is 28.1 Å². The van der Waals surface area contributed by atoms with Gasteiger partial charge in [-0.15, -0.1) is 0 Å². The molecule has 1 aliphatic carbocycles. The van der Waals surface area contributed by atoms with Crippen LogP contribution in [0.25, 0.3) is 0 Å². The second kappa shape index (κ2) is 6.92. The number of nitrogens with one attached hydrogen (secondary N) is 1. The molecule has 0 saturated heterocycles. The Kier molecular flexibility index (Phi) is 4.98. The first-order chi connectivity index (χ1) is 10.1. The number of benzene rings is 1. The Morgan fingerprint density at radius 3 is 2.52 bits per heavy atom. The summed E-state index contributed by atoms with van der Waals surface area (Å²) in [4.78, 5) is 23.4. The molecule has 5 nitrogen and oxygen atoms in total. The highest BCUT2D eigenvalue weighted by Crippen LogP contribution is 2.18. The van der Waals surface area contributed by atoms with E-state index < -0.39 is 12.0 Å². The van der Waals surface area contributed by atoms with Crippen molar-refractivity contribution in [1.29, 1.82) is 0 Å². The van der Waals surface area contributed by atoms with E-state index in [0.717, 1.165) is 18.4 Å². The topological polar surface area (TPSA) is 86.6 Å². The smallest absolute Gasteiger partial charge is 0.326 e. The van der Waals surface area contributed by atoms with Crippen LogP contribution in [0.2, 0.25) is 0 Å². The molecular weight excluding hydrogens is 270 g/mol. The summed E-state index contributed by atoms with van der Waals surface area (Å²) in [5, 5.41) is 21.1. The van der Waals surface area contributed by atoms with Crippen molar-refractivity contribution in [2.24, 2.45) is 5.92 Å². The number of carbonyl (C=O) groups excluding carboxylic acids is 1. The fourth-order valence-electron chi connectivity index (χ4n) is 2.39. The van der Waals surface area contributed by atoms with E-state index in [1.807, 2.05) is 12.2 Å². The van der Waals surface area contributed by atoms with Gasteiger partial charge in [0.05, 0.1) is 0 Å². The van der Waals surface area contributed by atoms with Gasteiger partial charge in [-0.25, -0.2) is 4.79 Å². The molecule has 2 rings (SSSR count). The predicted octanol–water partition coefficient (Wildman–Crippen LogP) is 1.86. The zero-order valence-electron chi connectivity index (χ0n) is 11.7. The minimum atomic E-state index is -1.05. The largest absolute Gasteiger partial charge is 0.508 e. The number of carboxylic acid groups (broad SMARTS) is 1. The number of rotatable bonds is 5. The summed E-state index contributed by atoms with van der Waals surface area (Å²) < 4.78 is 0. The Morgan fingerprint density at radius 1 is 1.24 bits per heavy atom. The highest BCUT2D eigenvalue weighted by molar-refractivity contribution is 5.85. The average Bonchev–Trinajstić information content (AvgIpc) is 2.49. The van der Waals surface area contributed by atoms with E-state index >= 15 is 0 Å². The van der Waals surface area contributed by atoms with Gasteiger partial charge in [-0.3, -0.25) is 4.79 Å². The molecule has 0 aliphatic heterocycles. The molecule has 3 N–H and O–H groups in total. The van der Waals surface area contributed by atoms with Gasteiger partial charge in [-0.1, -0.05) is 24.3 Å². The predicted molar refractivity (Wildman–Crippen MR) is 77.9 cm³/mol. The van der Waals surface area contributed by atoms with E-state index in [-0.39, 0.29) is 24.0 Å². The lowest BCUT2D eigenvalue weighted by Gasteiger charge is -2.21. The van der Waals surface area contributed by atoms with Gasteiger partial charge in [-0.05, 0) is 37.0 Å². The Morgan fingerprint density at radius 2 is 1.95 bits per heavy atom. The molecule has 0 spiro atoms. The molecule has 1 aliphatic rings. The first kappa shape index (κ1) is 15.1. The van der Waals surface area contributed by atoms with Crippen LogP contribution < -0.4 is 5.32 Å². The summed E-state index contributed by atoms with van der Waals surface area (Å²) in [5.41, 5.74) is 0.754. The molecule has 0 heterocycles. The van der Waals surface area contributed by atoms with Gasteiger partial charge in [0.1, 0.15) is 11.8 Å². The van der Waals surface area contributed by atoms with E-state index in [4.69, 9.17) is 0 Å². The molecule has 5 heteroatoms. The second-order valence-electron chi connectivity index (χ2n) is 5.25. The van der Waals surface area contributed by atoms with Gasteiger partial charge >= 0.3 is 5.97 Å². The monoisotopic (exact) mass is 289 g/mol. The highest BCUT2D eigenvalue weighted by Gasteiger charge is 2.25. The summed E-state index contributed by atoms with van der Waals surface area (Å²) in [7, 11) is 0. The van der Waals surface area contributed by atoms with Crippen molar-refractivity contribution >= 4 is 11.9 Å². The fourth-order valence-corrected chi connectivity index (χ4v) is 2.39. The van der Waals surface area contributed by atoms with Crippen molar-refractivity contribution in [2.75, 3.05) is 0 Å². The summed E-state index contributed by atoms with van der Waals surface area (Å²) in [6, 6.07) is 5.36. The van der Waals surface area contributed by atoms with Gasteiger partial charge in [0.25, 0.3) is 0 Å². The minimum Gasteiger partial charge on any atom is -0.508 e. The Hall–Kier alpha value is -2.30. The number of allylic oxidation sites excluding steroid dienone is 2. The molecule has 0 radical (unpaired) electrons. The normalized spacial score (nSPS) is 19.0. The van der Waals surface area contributed by atoms with E-state index in [0.29, 0.717) is 6.42 Å². The number of phenolic OH excluding ortho intramolecular Hbond substituents is 1. The quantitative estimate of drug-likeness (QED) is 0.722. The van der Waals surface area contributed by atoms with Crippen LogP contribution in [0.1, 0.15) is 24.8 Å². The van der Waals surface area contributed by atoms with Gasteiger partial charge in [0, 0.05) is 12.3 Å². The molecule has 0 bridgehead atoms. The number of amides is 1. The molecule has 2 atom stereocenters. The number of phenols is 1. The fraction of sp³-hybridized carbons (Fsp3) is 0.375. The maximum absolute atomic E-state index is 12.1. The van der Waals surface area contributed by atoms with Crippen LogP contribution in [-0.2, 0) is 16.0 Å². The number of aliphatic carboxylic acids is 1. The van der Waals surface area contributed by atoms with Crippen LogP contribution in [0.4, 0.5) is 0 Å². The standard InChI is InChI=1S/C16H19NO4/c18-13-8-6-11(7-9-13)10-14(16(20)21)17-15(19)12-4-2-1-3-5-12/h1-2,6-9,12,14,18H,3-5,10H2,(H,17,19)(H,20,21)/t12?,14-/m0/s1. The molecule has 1 aromatic rings. The highest BCUT2D eigenvalue weighted by atomic mass is 16.4. The molecule has 0 aromatic heterocycles. The van der Waals surface area contributed by atoms with E-state index in [1.165, 1.54) is 12.1 Å². The van der Waals surface area contributed by atoms with E-state index in [2.05, 4.69) is 5.32 Å². The van der Waals surface area contributed by atoms with Crippen molar-refractivity contribution in [3.8, 4) is 5.75 Å². The summed E-state index contributed by atoms with van der Waals surface area (Å²) in [5.74, 6) is -1.27. The van der Waals surface area contributed by atoms with Gasteiger partial charge < -0.3 is 15.5 Å². The summed E-state index contributed by atoms with van der Waals surface area (Å²) in [6.45, 7) is 0. The zero-order valence-corrected chi connectivity index (χ0v) is 11.7. The number of hydrogen-bond donors (Lipinski definition) is 3. The molecule has 0 fully saturated rings. The maximum Gasteiger partial charge on any atom is 0.326 e. The third-order valence-corrected chi connectivity index (χ3v) is 3.63. The van der Waals surface area contributed by atoms with Gasteiger partial charge in [0.15, 0.2) is 0 Å². The Labute approximate surface area is 123 Å².